The molecule has 0 aliphatic heterocycles. The van der Waals surface area contributed by atoms with E-state index >= 15 is 0 Å². The van der Waals surface area contributed by atoms with Crippen molar-refractivity contribution in [2.24, 2.45) is 5.92 Å². The van der Waals surface area contributed by atoms with Crippen LogP contribution in [-0.4, -0.2) is 47.2 Å². The monoisotopic (exact) mass is 273 g/mol. The molecule has 1 N–H and O–H groups in total. The third-order valence-electron chi connectivity index (χ3n) is 2.88. The number of carboxylic acids is 1. The van der Waals surface area contributed by atoms with Crippen molar-refractivity contribution in [1.29, 1.82) is 0 Å². The van der Waals surface area contributed by atoms with Gasteiger partial charge in [-0.25, -0.2) is 0 Å². The van der Waals surface area contributed by atoms with E-state index in [0.717, 1.165) is 6.42 Å². The zero-order valence-electron chi connectivity index (χ0n) is 12.7. The van der Waals surface area contributed by atoms with Crippen LogP contribution in [0.3, 0.4) is 0 Å². The summed E-state index contributed by atoms with van der Waals surface area (Å²) in [5.41, 5.74) is 0. The Morgan fingerprint density at radius 2 is 1.74 bits per heavy atom. The van der Waals surface area contributed by atoms with Crippen LogP contribution in [0.5, 0.6) is 0 Å². The molecule has 0 saturated carbocycles. The van der Waals surface area contributed by atoms with Crippen LogP contribution in [0.4, 0.5) is 0 Å². The fourth-order valence-electron chi connectivity index (χ4n) is 1.62. The van der Waals surface area contributed by atoms with E-state index in [1.807, 2.05) is 13.8 Å². The van der Waals surface area contributed by atoms with E-state index in [0.29, 0.717) is 12.5 Å². The Labute approximate surface area is 115 Å². The number of ether oxygens (including phenoxy) is 1. The molecule has 0 spiro atoms. The molecule has 0 saturated heterocycles. The average molecular weight is 273 g/mol. The predicted octanol–water partition coefficient (Wildman–Crippen LogP) is 2.15. The summed E-state index contributed by atoms with van der Waals surface area (Å²) in [6.45, 7) is 10.4. The summed E-state index contributed by atoms with van der Waals surface area (Å²) in [7, 11) is 0. The first kappa shape index (κ1) is 17.9. The minimum absolute atomic E-state index is 0.0250. The molecule has 0 radical (unpaired) electrons. The Hall–Kier alpha value is -1.10. The molecule has 1 unspecified atom stereocenters. The largest absolute Gasteiger partial charge is 0.481 e. The number of carbonyl (C=O) groups excluding carboxylic acids is 1. The highest BCUT2D eigenvalue weighted by Crippen LogP contribution is 2.08. The van der Waals surface area contributed by atoms with Gasteiger partial charge in [0.1, 0.15) is 6.10 Å². The molecular weight excluding hydrogens is 246 g/mol. The van der Waals surface area contributed by atoms with Gasteiger partial charge in [-0.15, -0.1) is 0 Å². The van der Waals surface area contributed by atoms with Crippen molar-refractivity contribution < 1.29 is 19.4 Å². The normalized spacial score (nSPS) is 12.8. The molecule has 0 bridgehead atoms. The summed E-state index contributed by atoms with van der Waals surface area (Å²) in [5.74, 6) is -0.498. The van der Waals surface area contributed by atoms with E-state index < -0.39 is 12.1 Å². The first-order chi connectivity index (χ1) is 8.75. The van der Waals surface area contributed by atoms with E-state index in [1.54, 1.807) is 11.8 Å². The van der Waals surface area contributed by atoms with Gasteiger partial charge in [0.2, 0.25) is 0 Å². The van der Waals surface area contributed by atoms with Gasteiger partial charge in [-0.2, -0.15) is 0 Å². The number of hydrogen-bond donors (Lipinski definition) is 1. The van der Waals surface area contributed by atoms with E-state index in [9.17, 15) is 9.59 Å². The number of amides is 1. The predicted molar refractivity (Wildman–Crippen MR) is 74.0 cm³/mol. The first-order valence-electron chi connectivity index (χ1n) is 6.89. The molecule has 5 nitrogen and oxygen atoms in total. The second kappa shape index (κ2) is 8.91. The van der Waals surface area contributed by atoms with Crippen LogP contribution >= 0.6 is 0 Å². The molecule has 19 heavy (non-hydrogen) atoms. The van der Waals surface area contributed by atoms with Crippen LogP contribution < -0.4 is 0 Å². The summed E-state index contributed by atoms with van der Waals surface area (Å²) in [6, 6.07) is -0.0250. The van der Waals surface area contributed by atoms with Crippen LogP contribution in [0, 0.1) is 5.92 Å². The van der Waals surface area contributed by atoms with Gasteiger partial charge in [-0.3, -0.25) is 9.59 Å². The van der Waals surface area contributed by atoms with E-state index in [-0.39, 0.29) is 24.9 Å². The molecule has 0 aromatic carbocycles. The molecule has 112 valence electrons. The topological polar surface area (TPSA) is 66.8 Å². The number of carboxylic acid groups (broad SMARTS) is 1. The van der Waals surface area contributed by atoms with Crippen molar-refractivity contribution in [3.63, 3.8) is 0 Å². The molecule has 0 aromatic rings. The second-order valence-electron chi connectivity index (χ2n) is 5.46. The summed E-state index contributed by atoms with van der Waals surface area (Å²) < 4.78 is 5.51. The van der Waals surface area contributed by atoms with Crippen molar-refractivity contribution in [3.05, 3.63) is 0 Å². The number of rotatable bonds is 9. The molecule has 0 aromatic heterocycles. The number of carbonyl (C=O) groups is 2. The van der Waals surface area contributed by atoms with E-state index in [4.69, 9.17) is 9.84 Å². The van der Waals surface area contributed by atoms with Crippen molar-refractivity contribution in [1.82, 2.24) is 4.90 Å². The lowest BCUT2D eigenvalue weighted by Crippen LogP contribution is -2.44. The highest BCUT2D eigenvalue weighted by molar-refractivity contribution is 5.81. The van der Waals surface area contributed by atoms with Gasteiger partial charge in [0.15, 0.2) is 0 Å². The highest BCUT2D eigenvalue weighted by atomic mass is 16.5. The first-order valence-corrected chi connectivity index (χ1v) is 6.89. The van der Waals surface area contributed by atoms with Crippen LogP contribution in [0.15, 0.2) is 0 Å². The number of nitrogens with zero attached hydrogens (tertiary/aromatic N) is 1. The van der Waals surface area contributed by atoms with Gasteiger partial charge in [-0.05, 0) is 33.1 Å². The lowest BCUT2D eigenvalue weighted by molar-refractivity contribution is -0.146. The third kappa shape index (κ3) is 7.82. The number of aliphatic carboxylic acids is 1. The second-order valence-corrected chi connectivity index (χ2v) is 5.46. The Kier molecular flexibility index (Phi) is 8.39. The lowest BCUT2D eigenvalue weighted by atomic mass is 10.1. The Morgan fingerprint density at radius 3 is 2.16 bits per heavy atom. The summed E-state index contributed by atoms with van der Waals surface area (Å²) in [4.78, 5) is 24.3. The quantitative estimate of drug-likeness (QED) is 0.699. The molecular formula is C14H27NO4. The zero-order valence-corrected chi connectivity index (χ0v) is 12.7. The molecule has 1 atom stereocenters. The van der Waals surface area contributed by atoms with Crippen molar-refractivity contribution in [2.45, 2.75) is 59.6 Å². The minimum atomic E-state index is -0.896. The molecule has 0 heterocycles. The number of hydrogen-bond acceptors (Lipinski definition) is 3. The Bertz CT molecular complexity index is 289. The Balaban J connectivity index is 4.32. The maximum absolute atomic E-state index is 12.2. The minimum Gasteiger partial charge on any atom is -0.481 e. The smallest absolute Gasteiger partial charge is 0.305 e. The molecule has 0 fully saturated rings. The van der Waals surface area contributed by atoms with E-state index in [2.05, 4.69) is 13.8 Å². The molecule has 5 heteroatoms. The maximum Gasteiger partial charge on any atom is 0.305 e. The maximum atomic E-state index is 12.2. The van der Waals surface area contributed by atoms with Crippen molar-refractivity contribution in [3.8, 4) is 0 Å². The summed E-state index contributed by atoms with van der Waals surface area (Å²) in [6.07, 6.45) is 0.354. The summed E-state index contributed by atoms with van der Waals surface area (Å²) >= 11 is 0. The van der Waals surface area contributed by atoms with Gasteiger partial charge >= 0.3 is 5.97 Å². The molecule has 0 aliphatic carbocycles. The van der Waals surface area contributed by atoms with E-state index in [1.165, 1.54) is 0 Å². The summed E-state index contributed by atoms with van der Waals surface area (Å²) in [5, 5.41) is 8.70. The Morgan fingerprint density at radius 1 is 1.16 bits per heavy atom. The average Bonchev–Trinajstić information content (AvgIpc) is 2.27. The molecule has 0 aliphatic rings. The van der Waals surface area contributed by atoms with Gasteiger partial charge in [0.25, 0.3) is 5.91 Å². The van der Waals surface area contributed by atoms with Crippen LogP contribution in [0.1, 0.15) is 47.5 Å². The van der Waals surface area contributed by atoms with Gasteiger partial charge in [-0.1, -0.05) is 13.8 Å². The molecule has 1 amide bonds. The van der Waals surface area contributed by atoms with Gasteiger partial charge < -0.3 is 14.7 Å². The van der Waals surface area contributed by atoms with Crippen LogP contribution in [0.2, 0.25) is 0 Å². The standard InChI is InChI=1S/C14H27NO4/c1-10(2)7-9-19-12(5)14(18)15(11(3)4)8-6-13(16)17/h10-12H,6-9H2,1-5H3,(H,16,17). The SMILES string of the molecule is CC(C)CCOC(C)C(=O)N(CCC(=O)O)C(C)C. The van der Waals surface area contributed by atoms with Crippen LogP contribution in [0.25, 0.3) is 0 Å². The zero-order chi connectivity index (χ0) is 15.0. The van der Waals surface area contributed by atoms with Crippen molar-refractivity contribution in [2.75, 3.05) is 13.2 Å². The third-order valence-corrected chi connectivity index (χ3v) is 2.88. The van der Waals surface area contributed by atoms with Gasteiger partial charge in [0, 0.05) is 19.2 Å². The van der Waals surface area contributed by atoms with Gasteiger partial charge in [0.05, 0.1) is 6.42 Å². The fourth-order valence-corrected chi connectivity index (χ4v) is 1.62. The molecule has 0 rings (SSSR count). The van der Waals surface area contributed by atoms with Crippen LogP contribution in [-0.2, 0) is 14.3 Å². The fraction of sp³-hybridized carbons (Fsp3) is 0.857. The lowest BCUT2D eigenvalue weighted by Gasteiger charge is -2.29. The highest BCUT2D eigenvalue weighted by Gasteiger charge is 2.23. The van der Waals surface area contributed by atoms with Crippen molar-refractivity contribution >= 4 is 11.9 Å².